The molecule has 106 valence electrons. The molecule has 1 heterocycles. The maximum atomic E-state index is 5.70. The molecule has 0 amide bonds. The topological polar surface area (TPSA) is 54.2 Å². The van der Waals surface area contributed by atoms with Gasteiger partial charge in [0.05, 0.1) is 16.9 Å². The molecule has 0 aliphatic rings. The number of hydrazine groups is 1. The standard InChI is InChI=1S/C17H18N4/c1-21(2)13-8-9-15-14(10-13)17(20-18)11-16(19-15)12-6-4-3-5-7-12/h3-11H,18H2,1-2H3,(H,19,20). The lowest BCUT2D eigenvalue weighted by Crippen LogP contribution is -2.10. The van der Waals surface area contributed by atoms with E-state index in [1.54, 1.807) is 0 Å². The number of benzene rings is 2. The summed E-state index contributed by atoms with van der Waals surface area (Å²) < 4.78 is 0. The first-order chi connectivity index (χ1) is 10.2. The van der Waals surface area contributed by atoms with Crippen LogP contribution in [0.3, 0.4) is 0 Å². The monoisotopic (exact) mass is 278 g/mol. The molecule has 4 nitrogen and oxygen atoms in total. The molecule has 0 spiro atoms. The summed E-state index contributed by atoms with van der Waals surface area (Å²) >= 11 is 0. The lowest BCUT2D eigenvalue weighted by Gasteiger charge is -2.15. The molecular weight excluding hydrogens is 260 g/mol. The first kappa shape index (κ1) is 13.4. The first-order valence-corrected chi connectivity index (χ1v) is 6.83. The van der Waals surface area contributed by atoms with Crippen LogP contribution in [0.15, 0.2) is 54.6 Å². The SMILES string of the molecule is CN(C)c1ccc2nc(-c3ccccc3)cc(NN)c2c1. The summed E-state index contributed by atoms with van der Waals surface area (Å²) in [5, 5.41) is 1.02. The van der Waals surface area contributed by atoms with Crippen LogP contribution in [0.2, 0.25) is 0 Å². The molecule has 2 aromatic carbocycles. The van der Waals surface area contributed by atoms with Crippen LogP contribution in [0.1, 0.15) is 0 Å². The van der Waals surface area contributed by atoms with Gasteiger partial charge in [0.2, 0.25) is 0 Å². The van der Waals surface area contributed by atoms with Crippen molar-refractivity contribution >= 4 is 22.3 Å². The van der Waals surface area contributed by atoms with Gasteiger partial charge in [-0.25, -0.2) is 4.98 Å². The fourth-order valence-corrected chi connectivity index (χ4v) is 2.37. The number of aromatic nitrogens is 1. The van der Waals surface area contributed by atoms with Crippen molar-refractivity contribution in [3.63, 3.8) is 0 Å². The van der Waals surface area contributed by atoms with Crippen LogP contribution in [0.4, 0.5) is 11.4 Å². The number of anilines is 2. The number of hydrogen-bond donors (Lipinski definition) is 2. The van der Waals surface area contributed by atoms with E-state index in [2.05, 4.69) is 22.5 Å². The molecule has 21 heavy (non-hydrogen) atoms. The predicted molar refractivity (Wildman–Crippen MR) is 89.3 cm³/mol. The van der Waals surface area contributed by atoms with Crippen molar-refractivity contribution in [1.82, 2.24) is 4.98 Å². The maximum Gasteiger partial charge on any atom is 0.0732 e. The normalized spacial score (nSPS) is 10.6. The third kappa shape index (κ3) is 2.53. The second-order valence-corrected chi connectivity index (χ2v) is 5.16. The second kappa shape index (κ2) is 5.42. The number of pyridine rings is 1. The van der Waals surface area contributed by atoms with Gasteiger partial charge in [-0.3, -0.25) is 5.84 Å². The Morgan fingerprint density at radius 3 is 2.43 bits per heavy atom. The third-order valence-electron chi connectivity index (χ3n) is 3.53. The number of nitrogens with zero attached hydrogens (tertiary/aromatic N) is 2. The van der Waals surface area contributed by atoms with E-state index in [1.165, 1.54) is 0 Å². The molecule has 0 radical (unpaired) electrons. The largest absolute Gasteiger partial charge is 0.378 e. The van der Waals surface area contributed by atoms with E-state index in [1.807, 2.05) is 56.6 Å². The second-order valence-electron chi connectivity index (χ2n) is 5.16. The number of rotatable bonds is 3. The van der Waals surface area contributed by atoms with Crippen molar-refractivity contribution < 1.29 is 0 Å². The molecule has 3 N–H and O–H groups in total. The van der Waals surface area contributed by atoms with Gasteiger partial charge in [-0.2, -0.15) is 0 Å². The molecule has 3 aromatic rings. The van der Waals surface area contributed by atoms with Gasteiger partial charge in [-0.15, -0.1) is 0 Å². The van der Waals surface area contributed by atoms with E-state index in [0.717, 1.165) is 33.5 Å². The Morgan fingerprint density at radius 2 is 1.76 bits per heavy atom. The Bertz CT molecular complexity index is 766. The molecule has 0 unspecified atom stereocenters. The zero-order chi connectivity index (χ0) is 14.8. The van der Waals surface area contributed by atoms with E-state index < -0.39 is 0 Å². The molecule has 0 saturated carbocycles. The number of nitrogen functional groups attached to an aromatic ring is 1. The molecule has 0 aliphatic heterocycles. The van der Waals surface area contributed by atoms with Gasteiger partial charge < -0.3 is 10.3 Å². The molecule has 0 atom stereocenters. The molecule has 0 saturated heterocycles. The number of nitrogens with two attached hydrogens (primary N) is 1. The average molecular weight is 278 g/mol. The average Bonchev–Trinajstić information content (AvgIpc) is 2.54. The molecule has 1 aromatic heterocycles. The first-order valence-electron chi connectivity index (χ1n) is 6.83. The number of nitrogens with one attached hydrogen (secondary N) is 1. The Balaban J connectivity index is 2.21. The lowest BCUT2D eigenvalue weighted by atomic mass is 10.1. The highest BCUT2D eigenvalue weighted by atomic mass is 15.2. The van der Waals surface area contributed by atoms with E-state index in [-0.39, 0.29) is 0 Å². The Kier molecular flexibility index (Phi) is 3.46. The van der Waals surface area contributed by atoms with Gasteiger partial charge >= 0.3 is 0 Å². The van der Waals surface area contributed by atoms with E-state index >= 15 is 0 Å². The van der Waals surface area contributed by atoms with Crippen LogP contribution >= 0.6 is 0 Å². The van der Waals surface area contributed by atoms with Crippen molar-refractivity contribution in [2.24, 2.45) is 5.84 Å². The van der Waals surface area contributed by atoms with Crippen LogP contribution in [0, 0.1) is 0 Å². The van der Waals surface area contributed by atoms with Crippen LogP contribution in [-0.4, -0.2) is 19.1 Å². The minimum Gasteiger partial charge on any atom is -0.378 e. The van der Waals surface area contributed by atoms with E-state index in [0.29, 0.717) is 0 Å². The zero-order valence-corrected chi connectivity index (χ0v) is 12.2. The van der Waals surface area contributed by atoms with Gasteiger partial charge in [0.1, 0.15) is 0 Å². The summed E-state index contributed by atoms with van der Waals surface area (Å²) in [6, 6.07) is 18.3. The van der Waals surface area contributed by atoms with Crippen molar-refractivity contribution in [3.05, 3.63) is 54.6 Å². The summed E-state index contributed by atoms with van der Waals surface area (Å²) in [7, 11) is 4.03. The van der Waals surface area contributed by atoms with Gasteiger partial charge in [-0.1, -0.05) is 30.3 Å². The van der Waals surface area contributed by atoms with Crippen molar-refractivity contribution in [3.8, 4) is 11.3 Å². The summed E-state index contributed by atoms with van der Waals surface area (Å²) in [6.45, 7) is 0. The summed E-state index contributed by atoms with van der Waals surface area (Å²) in [6.07, 6.45) is 0. The minimum atomic E-state index is 0.877. The highest BCUT2D eigenvalue weighted by Crippen LogP contribution is 2.30. The van der Waals surface area contributed by atoms with Crippen molar-refractivity contribution in [2.45, 2.75) is 0 Å². The highest BCUT2D eigenvalue weighted by molar-refractivity contribution is 5.95. The smallest absolute Gasteiger partial charge is 0.0732 e. The van der Waals surface area contributed by atoms with Crippen LogP contribution < -0.4 is 16.2 Å². The summed E-state index contributed by atoms with van der Waals surface area (Å²) in [5.41, 5.74) is 7.70. The summed E-state index contributed by atoms with van der Waals surface area (Å²) in [5.74, 6) is 5.70. The lowest BCUT2D eigenvalue weighted by molar-refractivity contribution is 1.13. The fraction of sp³-hybridized carbons (Fsp3) is 0.118. The van der Waals surface area contributed by atoms with Crippen LogP contribution in [-0.2, 0) is 0 Å². The zero-order valence-electron chi connectivity index (χ0n) is 12.2. The maximum absolute atomic E-state index is 5.70. The molecular formula is C17H18N4. The molecule has 3 rings (SSSR count). The molecule has 0 aliphatic carbocycles. The predicted octanol–water partition coefficient (Wildman–Crippen LogP) is 3.25. The highest BCUT2D eigenvalue weighted by Gasteiger charge is 2.08. The van der Waals surface area contributed by atoms with Crippen LogP contribution in [0.25, 0.3) is 22.2 Å². The van der Waals surface area contributed by atoms with Gasteiger partial charge in [0.25, 0.3) is 0 Å². The summed E-state index contributed by atoms with van der Waals surface area (Å²) in [4.78, 5) is 6.80. The van der Waals surface area contributed by atoms with Gasteiger partial charge in [-0.05, 0) is 24.3 Å². The van der Waals surface area contributed by atoms with E-state index in [9.17, 15) is 0 Å². The molecule has 0 fully saturated rings. The van der Waals surface area contributed by atoms with Crippen molar-refractivity contribution in [2.75, 3.05) is 24.4 Å². The van der Waals surface area contributed by atoms with Crippen LogP contribution in [0.5, 0.6) is 0 Å². The minimum absolute atomic E-state index is 0.877. The Labute approximate surface area is 124 Å². The Hall–Kier alpha value is -2.59. The molecule has 4 heteroatoms. The Morgan fingerprint density at radius 1 is 1.00 bits per heavy atom. The van der Waals surface area contributed by atoms with Crippen molar-refractivity contribution in [1.29, 1.82) is 0 Å². The quantitative estimate of drug-likeness (QED) is 0.570. The fourth-order valence-electron chi connectivity index (χ4n) is 2.37. The molecule has 0 bridgehead atoms. The third-order valence-corrected chi connectivity index (χ3v) is 3.53. The van der Waals surface area contributed by atoms with E-state index in [4.69, 9.17) is 10.8 Å². The number of hydrogen-bond acceptors (Lipinski definition) is 4. The van der Waals surface area contributed by atoms with Gasteiger partial charge in [0.15, 0.2) is 0 Å². The number of fused-ring (bicyclic) bond motifs is 1. The van der Waals surface area contributed by atoms with Gasteiger partial charge in [0, 0.05) is 30.7 Å².